The van der Waals surface area contributed by atoms with E-state index in [2.05, 4.69) is 19.1 Å². The molecular formula is C13H18O2. The summed E-state index contributed by atoms with van der Waals surface area (Å²) in [5, 5.41) is 9.29. The van der Waals surface area contributed by atoms with Crippen molar-refractivity contribution in [2.24, 2.45) is 5.41 Å². The van der Waals surface area contributed by atoms with Gasteiger partial charge in [-0.2, -0.15) is 0 Å². The Morgan fingerprint density at radius 1 is 1.47 bits per heavy atom. The van der Waals surface area contributed by atoms with E-state index in [0.717, 1.165) is 24.8 Å². The van der Waals surface area contributed by atoms with E-state index in [1.807, 2.05) is 0 Å². The Morgan fingerprint density at radius 3 is 3.00 bits per heavy atom. The molecule has 15 heavy (non-hydrogen) atoms. The zero-order valence-corrected chi connectivity index (χ0v) is 9.25. The summed E-state index contributed by atoms with van der Waals surface area (Å²) in [5.74, 6) is 0.136. The number of ketones is 1. The molecule has 2 nitrogen and oxygen atoms in total. The molecular weight excluding hydrogens is 188 g/mol. The van der Waals surface area contributed by atoms with Gasteiger partial charge in [0.05, 0.1) is 6.61 Å². The molecule has 0 aliphatic heterocycles. The molecule has 1 N–H and O–H groups in total. The third kappa shape index (κ3) is 1.78. The molecule has 2 rings (SSSR count). The summed E-state index contributed by atoms with van der Waals surface area (Å²) < 4.78 is 0. The van der Waals surface area contributed by atoms with Crippen LogP contribution in [0.25, 0.3) is 0 Å². The molecule has 2 heteroatoms. The Balaban J connectivity index is 2.49. The number of Topliss-reactive ketones (excluding diaryl/α,β-unsaturated/α-hetero) is 1. The van der Waals surface area contributed by atoms with Crippen LogP contribution in [-0.4, -0.2) is 17.5 Å². The summed E-state index contributed by atoms with van der Waals surface area (Å²) in [5.41, 5.74) is 1.87. The van der Waals surface area contributed by atoms with Crippen LogP contribution in [0.5, 0.6) is 0 Å². The largest absolute Gasteiger partial charge is 0.392 e. The molecule has 0 bridgehead atoms. The second kappa shape index (κ2) is 3.93. The predicted octanol–water partition coefficient (Wildman–Crippen LogP) is 2.38. The maximum atomic E-state index is 11.7. The molecule has 2 aliphatic carbocycles. The van der Waals surface area contributed by atoms with E-state index >= 15 is 0 Å². The van der Waals surface area contributed by atoms with Gasteiger partial charge in [-0.1, -0.05) is 19.1 Å². The number of aliphatic hydroxyl groups excluding tert-OH is 1. The van der Waals surface area contributed by atoms with Gasteiger partial charge in [0.25, 0.3) is 0 Å². The fourth-order valence-electron chi connectivity index (χ4n) is 2.74. The molecule has 2 aliphatic rings. The number of carbonyl (C=O) groups excluding carboxylic acids is 1. The lowest BCUT2D eigenvalue weighted by molar-refractivity contribution is -0.117. The Bertz CT molecular complexity index is 338. The lowest BCUT2D eigenvalue weighted by atomic mass is 9.69. The van der Waals surface area contributed by atoms with Crippen molar-refractivity contribution < 1.29 is 9.90 Å². The van der Waals surface area contributed by atoms with Gasteiger partial charge in [-0.05, 0) is 36.7 Å². The number of rotatable bonds is 1. The molecule has 0 radical (unpaired) electrons. The van der Waals surface area contributed by atoms with Crippen molar-refractivity contribution >= 4 is 5.78 Å². The third-order valence-corrected chi connectivity index (χ3v) is 3.76. The Labute approximate surface area is 90.7 Å². The molecule has 0 saturated carbocycles. The Hall–Kier alpha value is -0.890. The van der Waals surface area contributed by atoms with E-state index in [1.165, 1.54) is 6.42 Å². The highest BCUT2D eigenvalue weighted by atomic mass is 16.3. The van der Waals surface area contributed by atoms with E-state index in [-0.39, 0.29) is 17.8 Å². The molecule has 1 atom stereocenters. The van der Waals surface area contributed by atoms with E-state index in [1.54, 1.807) is 0 Å². The highest BCUT2D eigenvalue weighted by molar-refractivity contribution is 5.98. The minimum absolute atomic E-state index is 0.103. The van der Waals surface area contributed by atoms with Crippen molar-refractivity contribution in [3.8, 4) is 0 Å². The van der Waals surface area contributed by atoms with Crippen molar-refractivity contribution in [3.05, 3.63) is 23.3 Å². The average Bonchev–Trinajstić information content (AvgIpc) is 2.41. The molecule has 82 valence electrons. The zero-order chi connectivity index (χ0) is 10.9. The maximum Gasteiger partial charge on any atom is 0.161 e. The van der Waals surface area contributed by atoms with E-state index in [0.29, 0.717) is 12.0 Å². The molecule has 0 aromatic rings. The van der Waals surface area contributed by atoms with Gasteiger partial charge in [0.1, 0.15) is 0 Å². The number of fused-ring (bicyclic) bond motifs is 1. The summed E-state index contributed by atoms with van der Waals surface area (Å²) in [7, 11) is 0. The molecule has 0 amide bonds. The Kier molecular flexibility index (Phi) is 2.79. The Morgan fingerprint density at radius 2 is 2.27 bits per heavy atom. The number of hydrogen-bond donors (Lipinski definition) is 1. The smallest absolute Gasteiger partial charge is 0.161 e. The van der Waals surface area contributed by atoms with Crippen LogP contribution < -0.4 is 0 Å². The van der Waals surface area contributed by atoms with Crippen LogP contribution in [-0.2, 0) is 4.79 Å². The molecule has 0 aromatic carbocycles. The number of aliphatic hydroxyl groups is 1. The molecule has 0 aromatic heterocycles. The first kappa shape index (κ1) is 10.6. The standard InChI is InChI=1S/C13H18O2/c1-13-7-4-2-3-5-11(13)10(9-14)12(15)6-8-13/h3,5,14H,2,4,6-9H2,1H3/t13-/m1/s1. The molecule has 0 unspecified atom stereocenters. The van der Waals surface area contributed by atoms with Crippen molar-refractivity contribution in [1.82, 2.24) is 0 Å². The monoisotopic (exact) mass is 206 g/mol. The predicted molar refractivity (Wildman–Crippen MR) is 59.5 cm³/mol. The van der Waals surface area contributed by atoms with Gasteiger partial charge in [-0.15, -0.1) is 0 Å². The molecule has 0 spiro atoms. The summed E-state index contributed by atoms with van der Waals surface area (Å²) >= 11 is 0. The summed E-state index contributed by atoms with van der Waals surface area (Å²) in [4.78, 5) is 11.7. The van der Waals surface area contributed by atoms with Gasteiger partial charge in [-0.3, -0.25) is 4.79 Å². The average molecular weight is 206 g/mol. The molecule has 0 saturated heterocycles. The van der Waals surface area contributed by atoms with Crippen molar-refractivity contribution in [2.45, 2.75) is 39.0 Å². The van der Waals surface area contributed by atoms with Gasteiger partial charge in [0.15, 0.2) is 5.78 Å². The third-order valence-electron chi connectivity index (χ3n) is 3.76. The van der Waals surface area contributed by atoms with Crippen LogP contribution in [0.1, 0.15) is 39.0 Å². The van der Waals surface area contributed by atoms with Crippen LogP contribution in [0.4, 0.5) is 0 Å². The first-order chi connectivity index (χ1) is 7.17. The molecule has 0 heterocycles. The van der Waals surface area contributed by atoms with E-state index < -0.39 is 0 Å². The lowest BCUT2D eigenvalue weighted by Gasteiger charge is -2.35. The molecule has 0 fully saturated rings. The van der Waals surface area contributed by atoms with Gasteiger partial charge in [0, 0.05) is 12.0 Å². The first-order valence-electron chi connectivity index (χ1n) is 5.71. The second-order valence-electron chi connectivity index (χ2n) is 4.83. The highest BCUT2D eigenvalue weighted by Crippen LogP contribution is 2.45. The van der Waals surface area contributed by atoms with Gasteiger partial charge in [0.2, 0.25) is 0 Å². The van der Waals surface area contributed by atoms with Gasteiger partial charge in [-0.25, -0.2) is 0 Å². The highest BCUT2D eigenvalue weighted by Gasteiger charge is 2.36. The summed E-state index contributed by atoms with van der Waals surface area (Å²) in [6.07, 6.45) is 9.14. The normalized spacial score (nSPS) is 31.5. The van der Waals surface area contributed by atoms with Crippen LogP contribution in [0.2, 0.25) is 0 Å². The summed E-state index contributed by atoms with van der Waals surface area (Å²) in [6, 6.07) is 0. The van der Waals surface area contributed by atoms with E-state index in [9.17, 15) is 9.90 Å². The van der Waals surface area contributed by atoms with Crippen LogP contribution in [0.15, 0.2) is 23.3 Å². The van der Waals surface area contributed by atoms with E-state index in [4.69, 9.17) is 0 Å². The van der Waals surface area contributed by atoms with Crippen LogP contribution in [0.3, 0.4) is 0 Å². The minimum atomic E-state index is -0.103. The van der Waals surface area contributed by atoms with Gasteiger partial charge >= 0.3 is 0 Å². The fourth-order valence-corrected chi connectivity index (χ4v) is 2.74. The van der Waals surface area contributed by atoms with Gasteiger partial charge < -0.3 is 5.11 Å². The van der Waals surface area contributed by atoms with Crippen molar-refractivity contribution in [1.29, 1.82) is 0 Å². The zero-order valence-electron chi connectivity index (χ0n) is 9.25. The second-order valence-corrected chi connectivity index (χ2v) is 4.83. The van der Waals surface area contributed by atoms with Crippen LogP contribution in [0, 0.1) is 5.41 Å². The number of hydrogen-bond acceptors (Lipinski definition) is 2. The summed E-state index contributed by atoms with van der Waals surface area (Å²) in [6.45, 7) is 2.12. The first-order valence-corrected chi connectivity index (χ1v) is 5.71. The topological polar surface area (TPSA) is 37.3 Å². The quantitative estimate of drug-likeness (QED) is 0.715. The SMILES string of the molecule is C[C@]12CCCC=CC1=C(CO)C(=O)CC2. The number of allylic oxidation sites excluding steroid dienone is 3. The minimum Gasteiger partial charge on any atom is -0.392 e. The number of carbonyl (C=O) groups is 1. The van der Waals surface area contributed by atoms with Crippen molar-refractivity contribution in [3.63, 3.8) is 0 Å². The lowest BCUT2D eigenvalue weighted by Crippen LogP contribution is -2.28. The van der Waals surface area contributed by atoms with Crippen LogP contribution >= 0.6 is 0 Å². The maximum absolute atomic E-state index is 11.7. The van der Waals surface area contributed by atoms with Crippen molar-refractivity contribution in [2.75, 3.05) is 6.61 Å². The fraction of sp³-hybridized carbons (Fsp3) is 0.615.